The lowest BCUT2D eigenvalue weighted by Gasteiger charge is -2.22. The van der Waals surface area contributed by atoms with Crippen LogP contribution in [0.5, 0.6) is 0 Å². The van der Waals surface area contributed by atoms with Crippen molar-refractivity contribution in [2.75, 3.05) is 13.6 Å². The summed E-state index contributed by atoms with van der Waals surface area (Å²) >= 11 is 0. The van der Waals surface area contributed by atoms with Gasteiger partial charge in [0.2, 0.25) is 5.91 Å². The van der Waals surface area contributed by atoms with Crippen LogP contribution in [0.4, 0.5) is 0 Å². The zero-order valence-corrected chi connectivity index (χ0v) is 8.10. The molecule has 0 aliphatic carbocycles. The molecule has 0 N–H and O–H groups in total. The normalized spacial score (nSPS) is 23.1. The predicted octanol–water partition coefficient (Wildman–Crippen LogP) is 1.93. The summed E-state index contributed by atoms with van der Waals surface area (Å²) in [5.41, 5.74) is 2.00. The Hall–Kier alpha value is -1.57. The Labute approximate surface area is 85.3 Å². The molecule has 2 rings (SSSR count). The zero-order chi connectivity index (χ0) is 10.8. The summed E-state index contributed by atoms with van der Waals surface area (Å²) in [5, 5.41) is 0. The van der Waals surface area contributed by atoms with Gasteiger partial charge in [-0.3, -0.25) is 4.79 Å². The molecule has 0 saturated carbocycles. The van der Waals surface area contributed by atoms with Crippen molar-refractivity contribution in [3.8, 4) is 0 Å². The molecule has 0 fully saturated rings. The Bertz CT molecular complexity index is 399. The number of carbonyl (C=O) groups excluding carboxylic acids is 1. The molecule has 0 spiro atoms. The van der Waals surface area contributed by atoms with Gasteiger partial charge in [0.05, 0.1) is 7.79 Å². The van der Waals surface area contributed by atoms with Gasteiger partial charge in [0.15, 0.2) is 0 Å². The van der Waals surface area contributed by atoms with E-state index in [-0.39, 0.29) is 5.91 Å². The van der Waals surface area contributed by atoms with E-state index in [2.05, 4.69) is 0 Å². The number of hydrogen-bond donors (Lipinski definition) is 0. The summed E-state index contributed by atoms with van der Waals surface area (Å²) in [6.07, 6.45) is 2.23. The Morgan fingerprint density at radius 3 is 2.71 bits per heavy atom. The molecule has 1 aliphatic heterocycles. The molecule has 2 nitrogen and oxygen atoms in total. The van der Waals surface area contributed by atoms with Crippen molar-refractivity contribution in [3.05, 3.63) is 42.0 Å². The van der Waals surface area contributed by atoms with Gasteiger partial charge in [-0.1, -0.05) is 36.4 Å². The van der Waals surface area contributed by atoms with Crippen molar-refractivity contribution in [2.24, 2.45) is 0 Å². The first-order chi connectivity index (χ1) is 7.18. The highest BCUT2D eigenvalue weighted by atomic mass is 16.2. The van der Waals surface area contributed by atoms with Crippen LogP contribution in [0.3, 0.4) is 0 Å². The van der Waals surface area contributed by atoms with Gasteiger partial charge in [0, 0.05) is 13.6 Å². The zero-order valence-electron chi connectivity index (χ0n) is 9.10. The molecule has 0 bridgehead atoms. The molecule has 2 heteroatoms. The van der Waals surface area contributed by atoms with E-state index in [4.69, 9.17) is 1.37 Å². The summed E-state index contributed by atoms with van der Waals surface area (Å²) in [5.74, 6) is 0.0105. The van der Waals surface area contributed by atoms with Crippen LogP contribution in [0.2, 0.25) is 0 Å². The molecule has 1 unspecified atom stereocenters. The molecule has 1 aliphatic rings. The van der Waals surface area contributed by atoms with Crippen molar-refractivity contribution in [1.29, 1.82) is 0 Å². The summed E-state index contributed by atoms with van der Waals surface area (Å²) < 4.78 is 7.72. The van der Waals surface area contributed by atoms with Crippen LogP contribution in [0, 0.1) is 0 Å². The molecular formula is C12H13NO. The largest absolute Gasteiger partial charge is 0.342 e. The van der Waals surface area contributed by atoms with Crippen LogP contribution >= 0.6 is 0 Å². The third-order valence-corrected chi connectivity index (χ3v) is 2.38. The summed E-state index contributed by atoms with van der Waals surface area (Å²) in [6, 6.07) is 9.77. The minimum atomic E-state index is -0.554. The minimum Gasteiger partial charge on any atom is -0.342 e. The first-order valence-electron chi connectivity index (χ1n) is 5.20. The van der Waals surface area contributed by atoms with Gasteiger partial charge >= 0.3 is 0 Å². The molecule has 1 atom stereocenters. The molecule has 14 heavy (non-hydrogen) atoms. The van der Waals surface area contributed by atoms with E-state index in [0.29, 0.717) is 6.42 Å². The van der Waals surface area contributed by atoms with E-state index in [0.717, 1.165) is 11.1 Å². The fourth-order valence-corrected chi connectivity index (χ4v) is 1.48. The van der Waals surface area contributed by atoms with E-state index < -0.39 is 6.52 Å². The van der Waals surface area contributed by atoms with Gasteiger partial charge in [0.25, 0.3) is 0 Å². The first-order valence-corrected chi connectivity index (χ1v) is 4.62. The Kier molecular flexibility index (Phi) is 2.04. The highest BCUT2D eigenvalue weighted by Crippen LogP contribution is 2.21. The second-order valence-electron chi connectivity index (χ2n) is 3.39. The van der Waals surface area contributed by atoms with Gasteiger partial charge in [-0.2, -0.15) is 0 Å². The Morgan fingerprint density at radius 1 is 1.36 bits per heavy atom. The number of nitrogens with zero attached hydrogens (tertiary/aromatic N) is 1. The number of carbonyl (C=O) groups is 1. The highest BCUT2D eigenvalue weighted by Gasteiger charge is 2.16. The van der Waals surface area contributed by atoms with E-state index in [9.17, 15) is 4.79 Å². The van der Waals surface area contributed by atoms with Crippen LogP contribution in [-0.4, -0.2) is 24.4 Å². The quantitative estimate of drug-likeness (QED) is 0.659. The molecule has 1 amide bonds. The average molecular weight is 188 g/mol. The summed E-state index contributed by atoms with van der Waals surface area (Å²) in [7, 11) is 1.66. The molecule has 0 saturated heterocycles. The van der Waals surface area contributed by atoms with Crippen LogP contribution < -0.4 is 0 Å². The van der Waals surface area contributed by atoms with Crippen molar-refractivity contribution in [3.63, 3.8) is 0 Å². The first kappa shape index (κ1) is 7.80. The van der Waals surface area contributed by atoms with E-state index in [1.165, 1.54) is 4.90 Å². The van der Waals surface area contributed by atoms with E-state index in [1.807, 2.05) is 36.4 Å². The monoisotopic (exact) mass is 188 g/mol. The third kappa shape index (κ3) is 1.69. The number of rotatable bonds is 1. The lowest BCUT2D eigenvalue weighted by molar-refractivity contribution is -0.128. The maximum absolute atomic E-state index is 11.6. The third-order valence-electron chi connectivity index (χ3n) is 2.38. The van der Waals surface area contributed by atoms with Crippen molar-refractivity contribution in [1.82, 2.24) is 4.90 Å². The van der Waals surface area contributed by atoms with Crippen molar-refractivity contribution < 1.29 is 6.17 Å². The molecule has 0 radical (unpaired) electrons. The van der Waals surface area contributed by atoms with Gasteiger partial charge in [-0.05, 0) is 11.1 Å². The maximum atomic E-state index is 11.6. The summed E-state index contributed by atoms with van der Waals surface area (Å²) in [6.45, 7) is -0.554. The van der Waals surface area contributed by atoms with Gasteiger partial charge in [0.1, 0.15) is 0 Å². The van der Waals surface area contributed by atoms with Crippen LogP contribution in [0.15, 0.2) is 36.4 Å². The average Bonchev–Trinajstić information content (AvgIpc) is 2.26. The lowest BCUT2D eigenvalue weighted by atomic mass is 9.99. The Morgan fingerprint density at radius 2 is 2.07 bits per heavy atom. The SMILES string of the molecule is [2H]C1C=C(c2ccccc2)CC(=O)N1C. The molecule has 1 heterocycles. The maximum Gasteiger partial charge on any atom is 0.227 e. The van der Waals surface area contributed by atoms with Crippen LogP contribution in [-0.2, 0) is 4.79 Å². The molecule has 0 aromatic heterocycles. The second-order valence-corrected chi connectivity index (χ2v) is 3.39. The molecule has 1 aromatic carbocycles. The van der Waals surface area contributed by atoms with E-state index >= 15 is 0 Å². The minimum absolute atomic E-state index is 0.0105. The second kappa shape index (κ2) is 3.66. The highest BCUT2D eigenvalue weighted by molar-refractivity contribution is 5.90. The van der Waals surface area contributed by atoms with Crippen LogP contribution in [0.25, 0.3) is 5.57 Å². The topological polar surface area (TPSA) is 20.3 Å². The van der Waals surface area contributed by atoms with Gasteiger partial charge < -0.3 is 4.90 Å². The standard InChI is InChI=1S/C12H13NO/c1-13-8-7-11(9-12(13)14)10-5-3-2-4-6-10/h2-7H,8-9H2,1H3/i8D. The van der Waals surface area contributed by atoms with E-state index in [1.54, 1.807) is 7.05 Å². The van der Waals surface area contributed by atoms with Crippen LogP contribution in [0.1, 0.15) is 13.4 Å². The lowest BCUT2D eigenvalue weighted by Crippen LogP contribution is -2.30. The number of hydrogen-bond acceptors (Lipinski definition) is 1. The molecule has 1 aromatic rings. The number of benzene rings is 1. The Balaban J connectivity index is 2.32. The van der Waals surface area contributed by atoms with Gasteiger partial charge in [-0.25, -0.2) is 0 Å². The molecule has 72 valence electrons. The predicted molar refractivity (Wildman–Crippen MR) is 56.7 cm³/mol. The fraction of sp³-hybridized carbons (Fsp3) is 0.250. The molecular weight excluding hydrogens is 174 g/mol. The van der Waals surface area contributed by atoms with Crippen molar-refractivity contribution >= 4 is 11.5 Å². The number of amides is 1. The van der Waals surface area contributed by atoms with Crippen molar-refractivity contribution in [2.45, 2.75) is 6.42 Å². The summed E-state index contributed by atoms with van der Waals surface area (Å²) in [4.78, 5) is 13.0. The fourth-order valence-electron chi connectivity index (χ4n) is 1.48. The smallest absolute Gasteiger partial charge is 0.227 e. The number of likely N-dealkylation sites (N-methyl/N-ethyl adjacent to an activating group) is 1. The van der Waals surface area contributed by atoms with Gasteiger partial charge in [-0.15, -0.1) is 0 Å².